The fourth-order valence-corrected chi connectivity index (χ4v) is 8.80. The lowest BCUT2D eigenvalue weighted by Crippen LogP contribution is -2.57. The topological polar surface area (TPSA) is 78.9 Å². The average molecular weight is 442 g/mol. The molecule has 1 heterocycles. The third-order valence-electron chi connectivity index (χ3n) is 10.4. The molecular formula is C26H36FN3O2. The summed E-state index contributed by atoms with van der Waals surface area (Å²) in [7, 11) is 0. The lowest BCUT2D eigenvalue weighted by atomic mass is 9.43. The Labute approximate surface area is 190 Å². The van der Waals surface area contributed by atoms with Gasteiger partial charge < -0.3 is 5.11 Å². The van der Waals surface area contributed by atoms with Gasteiger partial charge in [0.05, 0.1) is 30.6 Å². The van der Waals surface area contributed by atoms with Crippen LogP contribution in [-0.4, -0.2) is 32.9 Å². The Balaban J connectivity index is 1.35. The number of alkyl halides is 1. The number of carbonyl (C=O) groups excluding carboxylic acids is 1. The second kappa shape index (κ2) is 7.65. The molecule has 174 valence electrons. The lowest BCUT2D eigenvalue weighted by Gasteiger charge is -2.62. The number of fused-ring (bicyclic) bond motifs is 5. The normalized spacial score (nSPS) is 45.4. The van der Waals surface area contributed by atoms with Gasteiger partial charge in [-0.05, 0) is 93.8 Å². The maximum atomic E-state index is 14.8. The first kappa shape index (κ1) is 22.1. The van der Waals surface area contributed by atoms with Crippen molar-refractivity contribution in [2.24, 2.45) is 40.4 Å². The summed E-state index contributed by atoms with van der Waals surface area (Å²) < 4.78 is 16.4. The van der Waals surface area contributed by atoms with Crippen LogP contribution in [0.15, 0.2) is 12.4 Å². The first-order valence-electron chi connectivity index (χ1n) is 12.5. The molecule has 0 unspecified atom stereocenters. The van der Waals surface area contributed by atoms with Crippen LogP contribution in [0.1, 0.15) is 77.2 Å². The first-order chi connectivity index (χ1) is 15.2. The molecule has 1 aromatic rings. The summed E-state index contributed by atoms with van der Waals surface area (Å²) in [4.78, 5) is 13.3. The second-order valence-corrected chi connectivity index (χ2v) is 11.9. The van der Waals surface area contributed by atoms with Crippen LogP contribution < -0.4 is 0 Å². The number of aliphatic hydroxyl groups is 1. The van der Waals surface area contributed by atoms with E-state index in [4.69, 9.17) is 5.26 Å². The Kier molecular flexibility index (Phi) is 5.28. The SMILES string of the molecule is C[C@@]1(O)CC[C@@]2(CF)[C@H](CC[C@H]3[C@@H]4CC[C@H](C(=O)Cn5cc(C#N)cn5)[C@@]4(C)CC[C@@H]32)C1. The zero-order chi connectivity index (χ0) is 22.7. The van der Waals surface area contributed by atoms with E-state index in [0.29, 0.717) is 29.7 Å². The standard InChI is InChI=1S/C26H36FN3O2/c1-24(32)9-10-26(16-27)18(11-24)3-4-19-20-5-6-22(25(20,2)8-7-21(19)26)23(31)15-30-14-17(12-28)13-29-30/h13-14,18-22,32H,3-11,15-16H2,1-2H3/t18-,19+,20+,21+,22-,24-,25+,26-/m1/s1. The summed E-state index contributed by atoms with van der Waals surface area (Å²) in [5, 5.41) is 23.9. The minimum atomic E-state index is -0.651. The van der Waals surface area contributed by atoms with Gasteiger partial charge in [-0.25, -0.2) is 0 Å². The van der Waals surface area contributed by atoms with Gasteiger partial charge in [0.15, 0.2) is 5.78 Å². The number of nitriles is 1. The number of carbonyl (C=O) groups is 1. The van der Waals surface area contributed by atoms with Crippen molar-refractivity contribution in [3.8, 4) is 6.07 Å². The minimum Gasteiger partial charge on any atom is -0.390 e. The molecule has 4 aliphatic rings. The number of rotatable bonds is 4. The highest BCUT2D eigenvalue weighted by molar-refractivity contribution is 5.82. The Hall–Kier alpha value is -1.74. The molecular weight excluding hydrogens is 405 g/mol. The quantitative estimate of drug-likeness (QED) is 0.736. The maximum Gasteiger partial charge on any atom is 0.157 e. The van der Waals surface area contributed by atoms with Crippen LogP contribution in [0.25, 0.3) is 0 Å². The molecule has 0 radical (unpaired) electrons. The van der Waals surface area contributed by atoms with Crippen LogP contribution in [0.3, 0.4) is 0 Å². The van der Waals surface area contributed by atoms with E-state index in [1.54, 1.807) is 10.9 Å². The van der Waals surface area contributed by atoms with Gasteiger partial charge >= 0.3 is 0 Å². The summed E-state index contributed by atoms with van der Waals surface area (Å²) >= 11 is 0. The van der Waals surface area contributed by atoms with Gasteiger partial charge in [0.2, 0.25) is 0 Å². The number of ketones is 1. The van der Waals surface area contributed by atoms with E-state index in [2.05, 4.69) is 18.1 Å². The van der Waals surface area contributed by atoms with Gasteiger partial charge in [-0.3, -0.25) is 13.9 Å². The maximum absolute atomic E-state index is 14.8. The summed E-state index contributed by atoms with van der Waals surface area (Å²) in [6.07, 6.45) is 11.5. The molecule has 0 bridgehead atoms. The van der Waals surface area contributed by atoms with Gasteiger partial charge in [0.25, 0.3) is 0 Å². The number of hydrogen-bond acceptors (Lipinski definition) is 4. The number of Topliss-reactive ketones (excluding diaryl/α,β-unsaturated/α-hetero) is 1. The van der Waals surface area contributed by atoms with Crippen LogP contribution >= 0.6 is 0 Å². The van der Waals surface area contributed by atoms with Crippen molar-refractivity contribution in [3.05, 3.63) is 18.0 Å². The Morgan fingerprint density at radius 2 is 2.03 bits per heavy atom. The monoisotopic (exact) mass is 441 g/mol. The Bertz CT molecular complexity index is 936. The molecule has 1 aromatic heterocycles. The largest absolute Gasteiger partial charge is 0.390 e. The molecule has 0 amide bonds. The van der Waals surface area contributed by atoms with Crippen molar-refractivity contribution in [1.82, 2.24) is 9.78 Å². The molecule has 4 saturated carbocycles. The van der Waals surface area contributed by atoms with Crippen LogP contribution in [0.4, 0.5) is 4.39 Å². The van der Waals surface area contributed by atoms with Gasteiger partial charge in [-0.2, -0.15) is 10.4 Å². The Morgan fingerprint density at radius 1 is 1.22 bits per heavy atom. The fourth-order valence-electron chi connectivity index (χ4n) is 8.80. The van der Waals surface area contributed by atoms with Crippen molar-refractivity contribution in [2.45, 2.75) is 83.8 Å². The first-order valence-corrected chi connectivity index (χ1v) is 12.5. The smallest absolute Gasteiger partial charge is 0.157 e. The van der Waals surface area contributed by atoms with Gasteiger partial charge in [0, 0.05) is 17.5 Å². The summed E-state index contributed by atoms with van der Waals surface area (Å²) in [6.45, 7) is 4.20. The van der Waals surface area contributed by atoms with Gasteiger partial charge in [0.1, 0.15) is 6.07 Å². The number of nitrogens with zero attached hydrogens (tertiary/aromatic N) is 3. The van der Waals surface area contributed by atoms with Crippen molar-refractivity contribution in [1.29, 1.82) is 5.26 Å². The van der Waals surface area contributed by atoms with E-state index in [9.17, 15) is 14.3 Å². The molecule has 0 saturated heterocycles. The number of hydrogen-bond donors (Lipinski definition) is 1. The van der Waals surface area contributed by atoms with Crippen molar-refractivity contribution < 1.29 is 14.3 Å². The minimum absolute atomic E-state index is 0.0199. The highest BCUT2D eigenvalue weighted by Gasteiger charge is 2.63. The molecule has 5 nitrogen and oxygen atoms in total. The zero-order valence-corrected chi connectivity index (χ0v) is 19.4. The summed E-state index contributed by atoms with van der Waals surface area (Å²) in [6, 6.07) is 2.07. The molecule has 1 N–H and O–H groups in total. The van der Waals surface area contributed by atoms with Gasteiger partial charge in [-0.15, -0.1) is 0 Å². The van der Waals surface area contributed by atoms with E-state index < -0.39 is 5.60 Å². The van der Waals surface area contributed by atoms with E-state index in [0.717, 1.165) is 51.4 Å². The van der Waals surface area contributed by atoms with Gasteiger partial charge in [-0.1, -0.05) is 6.92 Å². The van der Waals surface area contributed by atoms with E-state index >= 15 is 0 Å². The Morgan fingerprint density at radius 3 is 2.75 bits per heavy atom. The zero-order valence-electron chi connectivity index (χ0n) is 19.4. The molecule has 5 rings (SSSR count). The number of halogens is 1. The third-order valence-corrected chi connectivity index (χ3v) is 10.4. The van der Waals surface area contributed by atoms with Crippen LogP contribution in [0, 0.1) is 51.8 Å². The molecule has 32 heavy (non-hydrogen) atoms. The molecule has 6 heteroatoms. The van der Waals surface area contributed by atoms with Crippen LogP contribution in [-0.2, 0) is 11.3 Å². The average Bonchev–Trinajstić information content (AvgIpc) is 3.36. The molecule has 4 fully saturated rings. The summed E-state index contributed by atoms with van der Waals surface area (Å²) in [5.41, 5.74) is -0.457. The third kappa shape index (κ3) is 3.26. The number of aromatic nitrogens is 2. The predicted octanol–water partition coefficient (Wildman–Crippen LogP) is 4.68. The predicted molar refractivity (Wildman–Crippen MR) is 118 cm³/mol. The highest BCUT2D eigenvalue weighted by Crippen LogP contribution is 2.68. The van der Waals surface area contributed by atoms with Crippen molar-refractivity contribution in [2.75, 3.05) is 6.67 Å². The fraction of sp³-hybridized carbons (Fsp3) is 0.808. The molecule has 0 aromatic carbocycles. The van der Waals surface area contributed by atoms with E-state index in [1.807, 2.05) is 6.92 Å². The molecule has 0 aliphatic heterocycles. The molecule has 4 aliphatic carbocycles. The van der Waals surface area contributed by atoms with Crippen LogP contribution in [0.5, 0.6) is 0 Å². The van der Waals surface area contributed by atoms with E-state index in [1.165, 1.54) is 6.20 Å². The second-order valence-electron chi connectivity index (χ2n) is 11.9. The molecule has 8 atom stereocenters. The van der Waals surface area contributed by atoms with Crippen LogP contribution in [0.2, 0.25) is 0 Å². The lowest BCUT2D eigenvalue weighted by molar-refractivity contribution is -0.163. The highest BCUT2D eigenvalue weighted by atomic mass is 19.1. The molecule has 0 spiro atoms. The van der Waals surface area contributed by atoms with Crippen molar-refractivity contribution >= 4 is 5.78 Å². The van der Waals surface area contributed by atoms with Crippen molar-refractivity contribution in [3.63, 3.8) is 0 Å². The summed E-state index contributed by atoms with van der Waals surface area (Å²) in [5.74, 6) is 1.90. The van der Waals surface area contributed by atoms with E-state index in [-0.39, 0.29) is 41.7 Å².